The van der Waals surface area contributed by atoms with Crippen LogP contribution in [-0.4, -0.2) is 21.9 Å². The van der Waals surface area contributed by atoms with Gasteiger partial charge in [0.25, 0.3) is 0 Å². The van der Waals surface area contributed by atoms with Gasteiger partial charge in [0.1, 0.15) is 11.9 Å². The summed E-state index contributed by atoms with van der Waals surface area (Å²) in [4.78, 5) is 19.2. The number of benzene rings is 1. The van der Waals surface area contributed by atoms with Crippen molar-refractivity contribution in [2.75, 3.05) is 0 Å². The molecule has 3 nitrogen and oxygen atoms in total. The van der Waals surface area contributed by atoms with Crippen molar-refractivity contribution in [1.29, 1.82) is 0 Å². The topological polar surface area (TPSA) is 29.5 Å². The zero-order valence-corrected chi connectivity index (χ0v) is 16.7. The van der Waals surface area contributed by atoms with Gasteiger partial charge in [0, 0.05) is 18.4 Å². The van der Waals surface area contributed by atoms with Crippen LogP contribution in [0.5, 0.6) is 0 Å². The summed E-state index contributed by atoms with van der Waals surface area (Å²) < 4.78 is 0. The lowest BCUT2D eigenvalue weighted by atomic mass is 9.82. The highest BCUT2D eigenvalue weighted by atomic mass is 16.7. The van der Waals surface area contributed by atoms with Crippen molar-refractivity contribution in [3.63, 3.8) is 0 Å². The summed E-state index contributed by atoms with van der Waals surface area (Å²) in [6.45, 7) is 11.0. The van der Waals surface area contributed by atoms with Crippen LogP contribution in [0.2, 0.25) is 0 Å². The molecule has 25 heavy (non-hydrogen) atoms. The highest BCUT2D eigenvalue weighted by molar-refractivity contribution is 5.80. The third-order valence-corrected chi connectivity index (χ3v) is 6.42. The summed E-state index contributed by atoms with van der Waals surface area (Å²) in [5.41, 5.74) is 0.907. The molecular weight excluding hydrogens is 310 g/mol. The third-order valence-electron chi connectivity index (χ3n) is 6.42. The molecule has 1 unspecified atom stereocenters. The molecule has 0 amide bonds. The molecular formula is C22H35NO2. The van der Waals surface area contributed by atoms with Crippen LogP contribution < -0.4 is 0 Å². The SMILES string of the molecule is CCC1(CC)CCC(=O)CC(CC)(CC)N1OC(C)c1ccccc1. The van der Waals surface area contributed by atoms with Crippen molar-refractivity contribution in [3.05, 3.63) is 35.9 Å². The lowest BCUT2D eigenvalue weighted by molar-refractivity contribution is -0.306. The molecule has 140 valence electrons. The van der Waals surface area contributed by atoms with E-state index in [1.165, 1.54) is 5.56 Å². The van der Waals surface area contributed by atoms with E-state index in [1.54, 1.807) is 0 Å². The summed E-state index contributed by atoms with van der Waals surface area (Å²) in [6.07, 6.45) is 6.00. The van der Waals surface area contributed by atoms with Crippen LogP contribution in [-0.2, 0) is 9.63 Å². The monoisotopic (exact) mass is 345 g/mol. The first-order valence-electron chi connectivity index (χ1n) is 10.0. The molecule has 1 aliphatic heterocycles. The van der Waals surface area contributed by atoms with Gasteiger partial charge in [0.15, 0.2) is 0 Å². The van der Waals surface area contributed by atoms with Crippen LogP contribution in [0.1, 0.15) is 91.2 Å². The van der Waals surface area contributed by atoms with Gasteiger partial charge in [-0.15, -0.1) is 0 Å². The smallest absolute Gasteiger partial charge is 0.134 e. The predicted molar refractivity (Wildman–Crippen MR) is 103 cm³/mol. The lowest BCUT2D eigenvalue weighted by Crippen LogP contribution is -2.59. The Morgan fingerprint density at radius 1 is 1.00 bits per heavy atom. The Morgan fingerprint density at radius 2 is 1.56 bits per heavy atom. The Kier molecular flexibility index (Phi) is 6.81. The summed E-state index contributed by atoms with van der Waals surface area (Å²) in [5.74, 6) is 0.383. The van der Waals surface area contributed by atoms with Crippen LogP contribution in [0.3, 0.4) is 0 Å². The van der Waals surface area contributed by atoms with Gasteiger partial charge < -0.3 is 0 Å². The van der Waals surface area contributed by atoms with Gasteiger partial charge >= 0.3 is 0 Å². The van der Waals surface area contributed by atoms with Crippen molar-refractivity contribution in [1.82, 2.24) is 5.06 Å². The molecule has 0 aliphatic carbocycles. The van der Waals surface area contributed by atoms with Crippen molar-refractivity contribution in [2.45, 2.75) is 96.7 Å². The largest absolute Gasteiger partial charge is 0.300 e. The molecule has 1 atom stereocenters. The normalized spacial score (nSPS) is 21.7. The van der Waals surface area contributed by atoms with E-state index in [9.17, 15) is 4.79 Å². The minimum atomic E-state index is -0.206. The van der Waals surface area contributed by atoms with E-state index < -0.39 is 0 Å². The van der Waals surface area contributed by atoms with E-state index >= 15 is 0 Å². The van der Waals surface area contributed by atoms with E-state index in [0.29, 0.717) is 18.6 Å². The Bertz CT molecular complexity index is 546. The second-order valence-corrected chi connectivity index (χ2v) is 7.53. The Hall–Kier alpha value is -1.19. The Labute approximate surface area is 153 Å². The Balaban J connectivity index is 2.44. The van der Waals surface area contributed by atoms with Gasteiger partial charge in [0.2, 0.25) is 0 Å². The molecule has 2 rings (SSSR count). The first-order valence-corrected chi connectivity index (χ1v) is 10.0. The van der Waals surface area contributed by atoms with Gasteiger partial charge in [-0.2, -0.15) is 5.06 Å². The summed E-state index contributed by atoms with van der Waals surface area (Å²) in [5, 5.41) is 2.28. The fourth-order valence-corrected chi connectivity index (χ4v) is 4.35. The first-order chi connectivity index (χ1) is 12.0. The van der Waals surface area contributed by atoms with Crippen LogP contribution in [0.25, 0.3) is 0 Å². The van der Waals surface area contributed by atoms with Gasteiger partial charge in [-0.1, -0.05) is 58.0 Å². The number of rotatable bonds is 7. The molecule has 0 aromatic heterocycles. The molecule has 1 heterocycles. The van der Waals surface area contributed by atoms with Crippen LogP contribution in [0.15, 0.2) is 30.3 Å². The molecule has 1 fully saturated rings. The van der Waals surface area contributed by atoms with Crippen LogP contribution in [0, 0.1) is 0 Å². The molecule has 0 saturated carbocycles. The minimum absolute atomic E-state index is 0.0237. The second kappa shape index (κ2) is 8.46. The molecule has 0 bridgehead atoms. The predicted octanol–water partition coefficient (Wildman–Crippen LogP) is 5.85. The van der Waals surface area contributed by atoms with E-state index in [4.69, 9.17) is 4.84 Å². The maximum absolute atomic E-state index is 12.6. The van der Waals surface area contributed by atoms with Gasteiger partial charge in [0.05, 0.1) is 5.54 Å². The van der Waals surface area contributed by atoms with Crippen LogP contribution >= 0.6 is 0 Å². The van der Waals surface area contributed by atoms with Gasteiger partial charge in [-0.05, 0) is 44.6 Å². The maximum atomic E-state index is 12.6. The van der Waals surface area contributed by atoms with Crippen molar-refractivity contribution in [2.24, 2.45) is 0 Å². The highest BCUT2D eigenvalue weighted by Gasteiger charge is 2.50. The van der Waals surface area contributed by atoms with E-state index in [0.717, 1.165) is 32.1 Å². The number of carbonyl (C=O) groups excluding carboxylic acids is 1. The Morgan fingerprint density at radius 3 is 2.08 bits per heavy atom. The fourth-order valence-electron chi connectivity index (χ4n) is 4.35. The van der Waals surface area contributed by atoms with Gasteiger partial charge in [-0.25, -0.2) is 0 Å². The summed E-state index contributed by atoms with van der Waals surface area (Å²) in [6, 6.07) is 10.4. The molecule has 1 aromatic carbocycles. The van der Waals surface area contributed by atoms with Crippen LogP contribution in [0.4, 0.5) is 0 Å². The lowest BCUT2D eigenvalue weighted by Gasteiger charge is -2.52. The molecule has 3 heteroatoms. The molecule has 1 saturated heterocycles. The number of hydrogen-bond donors (Lipinski definition) is 0. The summed E-state index contributed by atoms with van der Waals surface area (Å²) >= 11 is 0. The molecule has 0 spiro atoms. The highest BCUT2D eigenvalue weighted by Crippen LogP contribution is 2.45. The number of carbonyl (C=O) groups is 1. The average Bonchev–Trinajstić information content (AvgIpc) is 2.78. The van der Waals surface area contributed by atoms with E-state index in [1.807, 2.05) is 6.07 Å². The molecule has 0 radical (unpaired) electrons. The van der Waals surface area contributed by atoms with E-state index in [2.05, 4.69) is 63.9 Å². The zero-order chi connectivity index (χ0) is 18.5. The maximum Gasteiger partial charge on any atom is 0.134 e. The average molecular weight is 346 g/mol. The number of hydroxylamine groups is 2. The van der Waals surface area contributed by atoms with E-state index in [-0.39, 0.29) is 17.2 Å². The summed E-state index contributed by atoms with van der Waals surface area (Å²) in [7, 11) is 0. The van der Waals surface area contributed by atoms with Gasteiger partial charge in [-0.3, -0.25) is 9.63 Å². The van der Waals surface area contributed by atoms with Crippen molar-refractivity contribution in [3.8, 4) is 0 Å². The quantitative estimate of drug-likeness (QED) is 0.620. The van der Waals surface area contributed by atoms with Crippen molar-refractivity contribution >= 4 is 5.78 Å². The standard InChI is InChI=1S/C22H35NO2/c1-6-21(7-2)16-15-20(24)17-22(8-3,9-4)23(21)25-18(5)19-13-11-10-12-14-19/h10-14,18H,6-9,15-17H2,1-5H3. The molecule has 1 aliphatic rings. The number of ketones is 1. The minimum Gasteiger partial charge on any atom is -0.300 e. The number of hydrogen-bond acceptors (Lipinski definition) is 3. The van der Waals surface area contributed by atoms with Crippen molar-refractivity contribution < 1.29 is 9.63 Å². The molecule has 0 N–H and O–H groups in total. The fraction of sp³-hybridized carbons (Fsp3) is 0.682. The zero-order valence-electron chi connectivity index (χ0n) is 16.7. The second-order valence-electron chi connectivity index (χ2n) is 7.53. The number of Topliss-reactive ketones (excluding diaryl/α,β-unsaturated/α-hetero) is 1. The number of nitrogens with zero attached hydrogens (tertiary/aromatic N) is 1. The molecule has 1 aromatic rings. The third kappa shape index (κ3) is 3.98. The first kappa shape index (κ1) is 20.1.